The molecule has 1 aromatic carbocycles. The van der Waals surface area contributed by atoms with Crippen LogP contribution in [0.5, 0.6) is 0 Å². The second-order valence-electron chi connectivity index (χ2n) is 5.95. The molecule has 6 heteroatoms. The first-order valence-electron chi connectivity index (χ1n) is 7.34. The maximum absolute atomic E-state index is 13.7. The van der Waals surface area contributed by atoms with Crippen LogP contribution in [0.4, 0.5) is 10.1 Å². The average Bonchev–Trinajstić information content (AvgIpc) is 2.75. The third kappa shape index (κ3) is 3.21. The van der Waals surface area contributed by atoms with Crippen LogP contribution in [0.25, 0.3) is 0 Å². The van der Waals surface area contributed by atoms with Crippen LogP contribution in [0.1, 0.15) is 38.7 Å². The zero-order valence-corrected chi connectivity index (χ0v) is 13.5. The number of nitrogens with two attached hydrogens (primary N) is 1. The summed E-state index contributed by atoms with van der Waals surface area (Å²) in [6, 6.07) is 2.26. The van der Waals surface area contributed by atoms with Crippen LogP contribution in [-0.2, 0) is 10.0 Å². The van der Waals surface area contributed by atoms with E-state index in [-0.39, 0.29) is 28.1 Å². The van der Waals surface area contributed by atoms with Gasteiger partial charge >= 0.3 is 0 Å². The Morgan fingerprint density at radius 1 is 1.38 bits per heavy atom. The van der Waals surface area contributed by atoms with Gasteiger partial charge in [-0.3, -0.25) is 0 Å². The Morgan fingerprint density at radius 3 is 2.57 bits per heavy atom. The molecule has 0 aliphatic heterocycles. The first-order chi connectivity index (χ1) is 9.76. The summed E-state index contributed by atoms with van der Waals surface area (Å²) < 4.78 is 41.2. The summed E-state index contributed by atoms with van der Waals surface area (Å²) in [5.41, 5.74) is 6.09. The van der Waals surface area contributed by atoms with Crippen molar-refractivity contribution >= 4 is 15.7 Å². The number of nitrogen functional groups attached to an aromatic ring is 1. The Kier molecular flexibility index (Phi) is 4.58. The van der Waals surface area contributed by atoms with Crippen molar-refractivity contribution in [1.29, 1.82) is 0 Å². The molecule has 1 aromatic rings. The maximum Gasteiger partial charge on any atom is 0.241 e. The molecule has 21 heavy (non-hydrogen) atoms. The summed E-state index contributed by atoms with van der Waals surface area (Å²) in [5.74, 6) is 0.233. The van der Waals surface area contributed by atoms with Gasteiger partial charge in [0, 0.05) is 17.3 Å². The predicted molar refractivity (Wildman–Crippen MR) is 81.8 cm³/mol. The summed E-state index contributed by atoms with van der Waals surface area (Å²) in [7, 11) is -3.74. The molecule has 118 valence electrons. The fourth-order valence-electron chi connectivity index (χ4n) is 3.09. The van der Waals surface area contributed by atoms with Crippen molar-refractivity contribution in [2.24, 2.45) is 11.8 Å². The molecule has 2 rings (SSSR count). The van der Waals surface area contributed by atoms with Gasteiger partial charge in [-0.05, 0) is 43.7 Å². The fourth-order valence-corrected chi connectivity index (χ4v) is 4.49. The quantitative estimate of drug-likeness (QED) is 0.839. The molecule has 1 fully saturated rings. The molecule has 3 N–H and O–H groups in total. The van der Waals surface area contributed by atoms with Crippen molar-refractivity contribution in [3.63, 3.8) is 0 Å². The van der Waals surface area contributed by atoms with Crippen LogP contribution >= 0.6 is 0 Å². The molecule has 4 nitrogen and oxygen atoms in total. The van der Waals surface area contributed by atoms with Crippen molar-refractivity contribution in [2.75, 3.05) is 5.73 Å². The summed E-state index contributed by atoms with van der Waals surface area (Å²) in [6.45, 7) is 5.71. The Balaban J connectivity index is 2.24. The molecule has 0 amide bonds. The first kappa shape index (κ1) is 16.2. The molecule has 1 aliphatic carbocycles. The van der Waals surface area contributed by atoms with Gasteiger partial charge in [-0.1, -0.05) is 20.3 Å². The first-order valence-corrected chi connectivity index (χ1v) is 8.82. The van der Waals surface area contributed by atoms with Crippen LogP contribution in [-0.4, -0.2) is 14.5 Å². The summed E-state index contributed by atoms with van der Waals surface area (Å²) in [4.78, 5) is -0.102. The van der Waals surface area contributed by atoms with Crippen LogP contribution in [0.3, 0.4) is 0 Å². The largest absolute Gasteiger partial charge is 0.398 e. The van der Waals surface area contributed by atoms with E-state index in [1.165, 1.54) is 13.0 Å². The van der Waals surface area contributed by atoms with E-state index >= 15 is 0 Å². The second kappa shape index (κ2) is 5.93. The third-order valence-electron chi connectivity index (χ3n) is 4.73. The number of rotatable bonds is 4. The highest BCUT2D eigenvalue weighted by atomic mass is 32.2. The van der Waals surface area contributed by atoms with Gasteiger partial charge in [0.15, 0.2) is 0 Å². The van der Waals surface area contributed by atoms with Crippen LogP contribution in [0.2, 0.25) is 0 Å². The minimum Gasteiger partial charge on any atom is -0.398 e. The molecular formula is C15H23FN2O2S. The number of sulfonamides is 1. The topological polar surface area (TPSA) is 72.2 Å². The van der Waals surface area contributed by atoms with Crippen molar-refractivity contribution in [3.8, 4) is 0 Å². The van der Waals surface area contributed by atoms with Gasteiger partial charge in [0.2, 0.25) is 10.0 Å². The number of hydrogen-bond donors (Lipinski definition) is 2. The summed E-state index contributed by atoms with van der Waals surface area (Å²) in [6.07, 6.45) is 2.89. The number of nitrogens with one attached hydrogen (secondary N) is 1. The highest BCUT2D eigenvalue weighted by molar-refractivity contribution is 7.89. The smallest absolute Gasteiger partial charge is 0.241 e. The molecule has 1 aliphatic rings. The lowest BCUT2D eigenvalue weighted by molar-refractivity contribution is 0.368. The zero-order valence-electron chi connectivity index (χ0n) is 12.7. The van der Waals surface area contributed by atoms with Gasteiger partial charge in [0.1, 0.15) is 5.82 Å². The van der Waals surface area contributed by atoms with Crippen molar-refractivity contribution < 1.29 is 12.8 Å². The lowest BCUT2D eigenvalue weighted by atomic mass is 9.94. The minimum absolute atomic E-state index is 0.0921. The van der Waals surface area contributed by atoms with Gasteiger partial charge in [0.25, 0.3) is 0 Å². The number of benzene rings is 1. The lowest BCUT2D eigenvalue weighted by Gasteiger charge is -2.21. The molecule has 0 spiro atoms. The van der Waals surface area contributed by atoms with Gasteiger partial charge in [-0.25, -0.2) is 17.5 Å². The minimum atomic E-state index is -3.74. The van der Waals surface area contributed by atoms with E-state index in [0.717, 1.165) is 25.3 Å². The molecule has 0 heterocycles. The van der Waals surface area contributed by atoms with Crippen molar-refractivity contribution in [2.45, 2.75) is 51.0 Å². The summed E-state index contributed by atoms with van der Waals surface area (Å²) in [5, 5.41) is 0. The molecule has 1 saturated carbocycles. The Hall–Kier alpha value is -1.14. The summed E-state index contributed by atoms with van der Waals surface area (Å²) >= 11 is 0. The number of hydrogen-bond acceptors (Lipinski definition) is 3. The highest BCUT2D eigenvalue weighted by Crippen LogP contribution is 2.34. The van der Waals surface area contributed by atoms with Gasteiger partial charge in [0.05, 0.1) is 4.90 Å². The van der Waals surface area contributed by atoms with E-state index in [9.17, 15) is 12.8 Å². The third-order valence-corrected chi connectivity index (χ3v) is 6.20. The molecule has 3 unspecified atom stereocenters. The van der Waals surface area contributed by atoms with Crippen molar-refractivity contribution in [1.82, 2.24) is 4.72 Å². The van der Waals surface area contributed by atoms with Gasteiger partial charge in [-0.2, -0.15) is 0 Å². The second-order valence-corrected chi connectivity index (χ2v) is 7.67. The Morgan fingerprint density at radius 2 is 2.05 bits per heavy atom. The van der Waals surface area contributed by atoms with Crippen LogP contribution in [0, 0.1) is 24.6 Å². The van der Waals surface area contributed by atoms with E-state index in [4.69, 9.17) is 5.73 Å². The number of anilines is 1. The predicted octanol–water partition coefficient (Wildman–Crippen LogP) is 2.82. The van der Waals surface area contributed by atoms with E-state index < -0.39 is 15.8 Å². The normalized spacial score (nSPS) is 26.2. The molecule has 3 atom stereocenters. The number of halogens is 1. The molecule has 0 saturated heterocycles. The Labute approximate surface area is 126 Å². The van der Waals surface area contributed by atoms with Crippen LogP contribution < -0.4 is 10.5 Å². The van der Waals surface area contributed by atoms with E-state index in [1.54, 1.807) is 0 Å². The standard InChI is InChI=1S/C15H23FN2O2S/c1-4-11-5-6-15(9(11)2)18-21(19,20)12-7-13(16)10(3)14(17)8-12/h7-9,11,15,18H,4-6,17H2,1-3H3. The molecular weight excluding hydrogens is 291 g/mol. The monoisotopic (exact) mass is 314 g/mol. The fraction of sp³-hybridized carbons (Fsp3) is 0.600. The average molecular weight is 314 g/mol. The Bertz CT molecular complexity index is 608. The molecule has 0 aromatic heterocycles. The molecule has 0 radical (unpaired) electrons. The molecule has 0 bridgehead atoms. The van der Waals surface area contributed by atoms with Crippen molar-refractivity contribution in [3.05, 3.63) is 23.5 Å². The van der Waals surface area contributed by atoms with Gasteiger partial charge < -0.3 is 5.73 Å². The van der Waals surface area contributed by atoms with E-state index in [1.807, 2.05) is 0 Å². The SMILES string of the molecule is CCC1CCC(NS(=O)(=O)c2cc(N)c(C)c(F)c2)C1C. The maximum atomic E-state index is 13.7. The lowest BCUT2D eigenvalue weighted by Crippen LogP contribution is -2.37. The highest BCUT2D eigenvalue weighted by Gasteiger charge is 2.34. The van der Waals surface area contributed by atoms with E-state index in [0.29, 0.717) is 5.92 Å². The van der Waals surface area contributed by atoms with E-state index in [2.05, 4.69) is 18.6 Å². The van der Waals surface area contributed by atoms with Gasteiger partial charge in [-0.15, -0.1) is 0 Å². The zero-order chi connectivity index (χ0) is 15.8. The van der Waals surface area contributed by atoms with Crippen LogP contribution in [0.15, 0.2) is 17.0 Å².